The van der Waals surface area contributed by atoms with Crippen LogP contribution in [0.5, 0.6) is 0 Å². The maximum atomic E-state index is 10.8. The zero-order valence-corrected chi connectivity index (χ0v) is 13.9. The van der Waals surface area contributed by atoms with Gasteiger partial charge in [-0.15, -0.1) is 0 Å². The molecule has 6 nitrogen and oxygen atoms in total. The predicted octanol–water partition coefficient (Wildman–Crippen LogP) is 3.33. The van der Waals surface area contributed by atoms with Crippen molar-refractivity contribution in [2.75, 3.05) is 0 Å². The van der Waals surface area contributed by atoms with Gasteiger partial charge in [-0.25, -0.2) is 10.5 Å². The first-order valence-electron chi connectivity index (χ1n) is 7.09. The van der Waals surface area contributed by atoms with Crippen LogP contribution in [0.2, 0.25) is 0 Å². The lowest BCUT2D eigenvalue weighted by Gasteiger charge is -1.96. The Hall–Kier alpha value is -2.73. The standard InChI is InChI=1S/C11H11N3O2.C4H8.C2H5N/c1-14-7-12-9-6-8(2-4-10(9)14)3-5-11(15)13-16;1-3-4-2;1-2-3/h2-7,16H,1H3,(H,13,15);3-4H,1-2H3;2-3H,1H3/b5-3+;4-3+;. The number of hydrogen-bond acceptors (Lipinski definition) is 4. The molecule has 0 aliphatic carbocycles. The average molecular weight is 316 g/mol. The lowest BCUT2D eigenvalue weighted by molar-refractivity contribution is -0.124. The third-order valence-corrected chi connectivity index (χ3v) is 2.62. The predicted molar refractivity (Wildman–Crippen MR) is 94.6 cm³/mol. The third-order valence-electron chi connectivity index (χ3n) is 2.62. The Kier molecular flexibility index (Phi) is 10.5. The second-order valence-electron chi connectivity index (χ2n) is 4.37. The number of hydrogen-bond donors (Lipinski definition) is 3. The van der Waals surface area contributed by atoms with E-state index in [-0.39, 0.29) is 0 Å². The molecule has 1 heterocycles. The number of hydroxylamine groups is 1. The zero-order chi connectivity index (χ0) is 17.7. The van der Waals surface area contributed by atoms with Crippen molar-refractivity contribution in [3.63, 3.8) is 0 Å². The first kappa shape index (κ1) is 20.3. The summed E-state index contributed by atoms with van der Waals surface area (Å²) in [6.45, 7) is 5.67. The number of allylic oxidation sites excluding steroid dienone is 2. The molecule has 0 saturated heterocycles. The number of benzene rings is 1. The van der Waals surface area contributed by atoms with Crippen LogP contribution in [-0.2, 0) is 11.8 Å². The molecule has 1 aromatic heterocycles. The smallest absolute Gasteiger partial charge is 0.267 e. The summed E-state index contributed by atoms with van der Waals surface area (Å²) in [4.78, 5) is 15.0. The van der Waals surface area contributed by atoms with Crippen LogP contribution >= 0.6 is 0 Å². The van der Waals surface area contributed by atoms with Gasteiger partial charge >= 0.3 is 0 Å². The van der Waals surface area contributed by atoms with Crippen molar-refractivity contribution in [1.29, 1.82) is 5.41 Å². The van der Waals surface area contributed by atoms with Crippen molar-refractivity contribution < 1.29 is 10.0 Å². The molecular formula is C17H24N4O2. The van der Waals surface area contributed by atoms with Crippen LogP contribution in [0.1, 0.15) is 26.3 Å². The SMILES string of the molecule is C/C=C/C.CC=N.Cn1cnc2cc(/C=C/C(=O)NO)ccc21. The van der Waals surface area contributed by atoms with E-state index in [0.29, 0.717) is 0 Å². The number of imidazole rings is 1. The highest BCUT2D eigenvalue weighted by atomic mass is 16.5. The lowest BCUT2D eigenvalue weighted by Crippen LogP contribution is -2.14. The highest BCUT2D eigenvalue weighted by Gasteiger charge is 1.99. The zero-order valence-electron chi connectivity index (χ0n) is 13.9. The molecule has 23 heavy (non-hydrogen) atoms. The van der Waals surface area contributed by atoms with Crippen molar-refractivity contribution >= 4 is 29.2 Å². The number of aromatic nitrogens is 2. The van der Waals surface area contributed by atoms with Gasteiger partial charge in [-0.1, -0.05) is 18.2 Å². The summed E-state index contributed by atoms with van der Waals surface area (Å²) in [5, 5.41) is 14.4. The average Bonchev–Trinajstić information content (AvgIpc) is 2.94. The molecule has 1 amide bonds. The van der Waals surface area contributed by atoms with E-state index in [9.17, 15) is 4.79 Å². The molecule has 124 valence electrons. The van der Waals surface area contributed by atoms with Gasteiger partial charge in [-0.05, 0) is 50.8 Å². The summed E-state index contributed by atoms with van der Waals surface area (Å²) >= 11 is 0. The van der Waals surface area contributed by atoms with E-state index in [4.69, 9.17) is 10.6 Å². The minimum absolute atomic E-state index is 0.555. The van der Waals surface area contributed by atoms with Gasteiger partial charge in [0, 0.05) is 13.1 Å². The normalized spacial score (nSPS) is 9.96. The van der Waals surface area contributed by atoms with Gasteiger partial charge in [0.2, 0.25) is 0 Å². The Morgan fingerprint density at radius 2 is 1.91 bits per heavy atom. The van der Waals surface area contributed by atoms with Crippen molar-refractivity contribution in [3.05, 3.63) is 48.3 Å². The van der Waals surface area contributed by atoms with Crippen LogP contribution in [0.3, 0.4) is 0 Å². The highest BCUT2D eigenvalue weighted by molar-refractivity contribution is 5.91. The number of aryl methyl sites for hydroxylation is 1. The fraction of sp³-hybridized carbons (Fsp3) is 0.235. The number of nitrogens with zero attached hydrogens (tertiary/aromatic N) is 2. The van der Waals surface area contributed by atoms with Crippen LogP contribution in [0, 0.1) is 5.41 Å². The van der Waals surface area contributed by atoms with Crippen LogP contribution in [0.4, 0.5) is 0 Å². The number of carbonyl (C=O) groups excluding carboxylic acids is 1. The lowest BCUT2D eigenvalue weighted by atomic mass is 10.2. The van der Waals surface area contributed by atoms with Gasteiger partial charge in [0.05, 0.1) is 17.4 Å². The quantitative estimate of drug-likeness (QED) is 0.261. The van der Waals surface area contributed by atoms with Crippen molar-refractivity contribution in [2.24, 2.45) is 7.05 Å². The monoisotopic (exact) mass is 316 g/mol. The second-order valence-corrected chi connectivity index (χ2v) is 4.37. The second kappa shape index (κ2) is 11.9. The van der Waals surface area contributed by atoms with E-state index in [0.717, 1.165) is 16.6 Å². The van der Waals surface area contributed by atoms with Crippen LogP contribution < -0.4 is 5.48 Å². The Morgan fingerprint density at radius 1 is 1.30 bits per heavy atom. The van der Waals surface area contributed by atoms with Gasteiger partial charge in [-0.2, -0.15) is 0 Å². The third kappa shape index (κ3) is 7.73. The van der Waals surface area contributed by atoms with Crippen molar-refractivity contribution in [1.82, 2.24) is 15.0 Å². The summed E-state index contributed by atoms with van der Waals surface area (Å²) in [5.74, 6) is -0.555. The molecule has 2 aromatic rings. The van der Waals surface area contributed by atoms with E-state index in [1.54, 1.807) is 19.3 Å². The van der Waals surface area contributed by atoms with Gasteiger partial charge < -0.3 is 9.98 Å². The van der Waals surface area contributed by atoms with Crippen LogP contribution in [0.25, 0.3) is 17.1 Å². The van der Waals surface area contributed by atoms with E-state index in [1.165, 1.54) is 17.8 Å². The Bertz CT molecular complexity index is 668. The Morgan fingerprint density at radius 3 is 2.43 bits per heavy atom. The molecular weight excluding hydrogens is 292 g/mol. The van der Waals surface area contributed by atoms with Crippen LogP contribution in [-0.4, -0.2) is 26.9 Å². The summed E-state index contributed by atoms with van der Waals surface area (Å²) in [6, 6.07) is 5.68. The van der Waals surface area contributed by atoms with E-state index in [2.05, 4.69) is 4.98 Å². The van der Waals surface area contributed by atoms with Crippen molar-refractivity contribution in [3.8, 4) is 0 Å². The number of rotatable bonds is 2. The number of fused-ring (bicyclic) bond motifs is 1. The number of nitrogens with one attached hydrogen (secondary N) is 2. The molecule has 0 spiro atoms. The first-order chi connectivity index (χ1) is 11.0. The first-order valence-corrected chi connectivity index (χ1v) is 7.09. The summed E-state index contributed by atoms with van der Waals surface area (Å²) in [5.41, 5.74) is 4.29. The van der Waals surface area contributed by atoms with Gasteiger partial charge in [0.25, 0.3) is 5.91 Å². The fourth-order valence-electron chi connectivity index (χ4n) is 1.47. The Balaban J connectivity index is 0.000000591. The number of carbonyl (C=O) groups is 1. The largest absolute Gasteiger partial charge is 0.334 e. The molecule has 1 aromatic carbocycles. The van der Waals surface area contributed by atoms with Gasteiger partial charge in [-0.3, -0.25) is 10.0 Å². The topological polar surface area (TPSA) is 91.0 Å². The summed E-state index contributed by atoms with van der Waals surface area (Å²) in [6.07, 6.45) is 9.85. The summed E-state index contributed by atoms with van der Waals surface area (Å²) in [7, 11) is 1.92. The maximum Gasteiger partial charge on any atom is 0.267 e. The van der Waals surface area contributed by atoms with Crippen LogP contribution in [0.15, 0.2) is 42.8 Å². The molecule has 0 atom stereocenters. The molecule has 6 heteroatoms. The maximum absolute atomic E-state index is 10.8. The molecule has 0 aliphatic rings. The Labute approximate surface area is 136 Å². The molecule has 0 fully saturated rings. The molecule has 0 aliphatic heterocycles. The minimum Gasteiger partial charge on any atom is -0.334 e. The minimum atomic E-state index is -0.555. The number of amides is 1. The van der Waals surface area contributed by atoms with Gasteiger partial charge in [0.1, 0.15) is 0 Å². The fourth-order valence-corrected chi connectivity index (χ4v) is 1.47. The van der Waals surface area contributed by atoms with E-state index in [1.807, 2.05) is 55.8 Å². The molecule has 0 unspecified atom stereocenters. The van der Waals surface area contributed by atoms with Crippen molar-refractivity contribution in [2.45, 2.75) is 20.8 Å². The highest BCUT2D eigenvalue weighted by Crippen LogP contribution is 2.14. The molecule has 0 saturated carbocycles. The molecule has 2 rings (SSSR count). The summed E-state index contributed by atoms with van der Waals surface area (Å²) < 4.78 is 1.92. The molecule has 0 radical (unpaired) electrons. The molecule has 0 bridgehead atoms. The van der Waals surface area contributed by atoms with E-state index >= 15 is 0 Å². The van der Waals surface area contributed by atoms with Gasteiger partial charge in [0.15, 0.2) is 0 Å². The van der Waals surface area contributed by atoms with E-state index < -0.39 is 5.91 Å². The molecule has 3 N–H and O–H groups in total.